The Kier molecular flexibility index (Phi) is 4.69. The molecule has 3 aromatic rings. The summed E-state index contributed by atoms with van der Waals surface area (Å²) in [6.45, 7) is -1.28. The number of nitrogens with zero attached hydrogens (tertiary/aromatic N) is 2. The SMILES string of the molecule is Cc1cc(=O)[nH]c(N/N=C\c2c(OC(F)F)ccc3ccccc23)n1. The van der Waals surface area contributed by atoms with Crippen LogP contribution in [-0.2, 0) is 0 Å². The normalized spacial score (nSPS) is 11.4. The molecule has 0 bridgehead atoms. The fourth-order valence-electron chi connectivity index (χ4n) is 2.40. The summed E-state index contributed by atoms with van der Waals surface area (Å²) < 4.78 is 29.9. The van der Waals surface area contributed by atoms with Crippen LogP contribution < -0.4 is 15.7 Å². The molecule has 0 spiro atoms. The number of fused-ring (bicyclic) bond motifs is 1. The summed E-state index contributed by atoms with van der Waals surface area (Å²) in [7, 11) is 0. The minimum atomic E-state index is -2.95. The first-order valence-electron chi connectivity index (χ1n) is 7.36. The van der Waals surface area contributed by atoms with E-state index in [0.717, 1.165) is 5.39 Å². The van der Waals surface area contributed by atoms with E-state index in [-0.39, 0.29) is 17.3 Å². The van der Waals surface area contributed by atoms with Crippen LogP contribution in [0.25, 0.3) is 10.8 Å². The van der Waals surface area contributed by atoms with Crippen LogP contribution in [0.5, 0.6) is 5.75 Å². The Bertz CT molecular complexity index is 986. The van der Waals surface area contributed by atoms with Gasteiger partial charge in [0.15, 0.2) is 0 Å². The zero-order valence-corrected chi connectivity index (χ0v) is 13.2. The van der Waals surface area contributed by atoms with Crippen molar-refractivity contribution in [3.05, 3.63) is 64.1 Å². The number of alkyl halides is 2. The van der Waals surface area contributed by atoms with Crippen molar-refractivity contribution >= 4 is 22.9 Å². The molecule has 2 aromatic carbocycles. The van der Waals surface area contributed by atoms with Crippen molar-refractivity contribution < 1.29 is 13.5 Å². The number of H-pyrrole nitrogens is 1. The number of rotatable bonds is 5. The summed E-state index contributed by atoms with van der Waals surface area (Å²) in [6.07, 6.45) is 1.35. The lowest BCUT2D eigenvalue weighted by atomic mass is 10.0. The Hall–Kier alpha value is -3.29. The fraction of sp³-hybridized carbons (Fsp3) is 0.118. The molecule has 0 aliphatic carbocycles. The second kappa shape index (κ2) is 7.08. The summed E-state index contributed by atoms with van der Waals surface area (Å²) in [4.78, 5) is 17.9. The van der Waals surface area contributed by atoms with Gasteiger partial charge in [-0.05, 0) is 23.8 Å². The van der Waals surface area contributed by atoms with Crippen LogP contribution in [0, 0.1) is 6.92 Å². The number of anilines is 1. The van der Waals surface area contributed by atoms with E-state index in [0.29, 0.717) is 16.6 Å². The van der Waals surface area contributed by atoms with E-state index in [1.54, 1.807) is 25.1 Å². The van der Waals surface area contributed by atoms with Crippen LogP contribution in [0.3, 0.4) is 0 Å². The average Bonchev–Trinajstić information content (AvgIpc) is 2.55. The Morgan fingerprint density at radius 2 is 2.08 bits per heavy atom. The van der Waals surface area contributed by atoms with Crippen LogP contribution in [0.2, 0.25) is 0 Å². The van der Waals surface area contributed by atoms with Crippen molar-refractivity contribution in [2.75, 3.05) is 5.43 Å². The zero-order chi connectivity index (χ0) is 17.8. The van der Waals surface area contributed by atoms with Gasteiger partial charge in [-0.15, -0.1) is 0 Å². The van der Waals surface area contributed by atoms with Gasteiger partial charge in [0, 0.05) is 17.3 Å². The molecule has 0 aliphatic heterocycles. The molecular formula is C17H14F2N4O2. The first kappa shape index (κ1) is 16.6. The Morgan fingerprint density at radius 3 is 2.84 bits per heavy atom. The van der Waals surface area contributed by atoms with Crippen LogP contribution >= 0.6 is 0 Å². The summed E-state index contributed by atoms with van der Waals surface area (Å²) in [6, 6.07) is 11.8. The quantitative estimate of drug-likeness (QED) is 0.550. The molecule has 6 nitrogen and oxygen atoms in total. The number of nitrogens with one attached hydrogen (secondary N) is 2. The van der Waals surface area contributed by atoms with Crippen molar-refractivity contribution in [3.8, 4) is 5.75 Å². The highest BCUT2D eigenvalue weighted by Crippen LogP contribution is 2.27. The molecule has 3 rings (SSSR count). The predicted octanol–water partition coefficient (Wildman–Crippen LogP) is 3.28. The molecule has 128 valence electrons. The van der Waals surface area contributed by atoms with Crippen LogP contribution in [0.1, 0.15) is 11.3 Å². The van der Waals surface area contributed by atoms with E-state index in [4.69, 9.17) is 0 Å². The number of aromatic amines is 1. The topological polar surface area (TPSA) is 79.4 Å². The molecule has 0 atom stereocenters. The van der Waals surface area contributed by atoms with Crippen LogP contribution in [0.4, 0.5) is 14.7 Å². The van der Waals surface area contributed by atoms with Crippen molar-refractivity contribution in [2.45, 2.75) is 13.5 Å². The lowest BCUT2D eigenvalue weighted by molar-refractivity contribution is -0.0498. The molecule has 0 saturated heterocycles. The van der Waals surface area contributed by atoms with Gasteiger partial charge in [0.25, 0.3) is 5.56 Å². The third-order valence-electron chi connectivity index (χ3n) is 3.38. The number of hydrogen-bond donors (Lipinski definition) is 2. The first-order valence-corrected chi connectivity index (χ1v) is 7.36. The third-order valence-corrected chi connectivity index (χ3v) is 3.38. The maximum atomic E-state index is 12.6. The number of ether oxygens (including phenoxy) is 1. The molecule has 25 heavy (non-hydrogen) atoms. The fourth-order valence-corrected chi connectivity index (χ4v) is 2.40. The van der Waals surface area contributed by atoms with Crippen molar-refractivity contribution in [2.24, 2.45) is 5.10 Å². The molecule has 0 saturated carbocycles. The molecule has 0 fully saturated rings. The van der Waals surface area contributed by atoms with Crippen molar-refractivity contribution in [1.82, 2.24) is 9.97 Å². The molecule has 0 amide bonds. The minimum absolute atomic E-state index is 0.00458. The number of aromatic nitrogens is 2. The molecule has 2 N–H and O–H groups in total. The third kappa shape index (κ3) is 3.97. The number of hydrogen-bond acceptors (Lipinski definition) is 5. The van der Waals surface area contributed by atoms with E-state index in [9.17, 15) is 13.6 Å². The number of hydrazone groups is 1. The van der Waals surface area contributed by atoms with Crippen molar-refractivity contribution in [3.63, 3.8) is 0 Å². The maximum Gasteiger partial charge on any atom is 0.387 e. The second-order valence-corrected chi connectivity index (χ2v) is 5.18. The monoisotopic (exact) mass is 344 g/mol. The van der Waals surface area contributed by atoms with Gasteiger partial charge in [0.2, 0.25) is 5.95 Å². The minimum Gasteiger partial charge on any atom is -0.434 e. The lowest BCUT2D eigenvalue weighted by Crippen LogP contribution is -2.10. The van der Waals surface area contributed by atoms with Crippen LogP contribution in [0.15, 0.2) is 52.4 Å². The molecule has 1 heterocycles. The summed E-state index contributed by atoms with van der Waals surface area (Å²) >= 11 is 0. The van der Waals surface area contributed by atoms with Crippen molar-refractivity contribution in [1.29, 1.82) is 0 Å². The summed E-state index contributed by atoms with van der Waals surface area (Å²) in [5.41, 5.74) is 3.17. The van der Waals surface area contributed by atoms with Gasteiger partial charge in [-0.25, -0.2) is 10.4 Å². The highest BCUT2D eigenvalue weighted by molar-refractivity contribution is 6.02. The highest BCUT2D eigenvalue weighted by Gasteiger charge is 2.11. The average molecular weight is 344 g/mol. The van der Waals surface area contributed by atoms with E-state index in [2.05, 4.69) is 25.2 Å². The molecule has 0 aliphatic rings. The molecule has 1 aromatic heterocycles. The largest absolute Gasteiger partial charge is 0.434 e. The first-order chi connectivity index (χ1) is 12.0. The molecule has 8 heteroatoms. The van der Waals surface area contributed by atoms with Gasteiger partial charge in [0.1, 0.15) is 5.75 Å². The number of benzene rings is 2. The number of halogens is 2. The Labute approximate surface area is 141 Å². The second-order valence-electron chi connectivity index (χ2n) is 5.18. The summed E-state index contributed by atoms with van der Waals surface area (Å²) in [5.74, 6) is 0.155. The lowest BCUT2D eigenvalue weighted by Gasteiger charge is -2.10. The number of aryl methyl sites for hydroxylation is 1. The molecule has 0 radical (unpaired) electrons. The van der Waals surface area contributed by atoms with Gasteiger partial charge in [-0.2, -0.15) is 13.9 Å². The maximum absolute atomic E-state index is 12.6. The Balaban J connectivity index is 1.96. The van der Waals surface area contributed by atoms with Gasteiger partial charge < -0.3 is 4.74 Å². The van der Waals surface area contributed by atoms with Gasteiger partial charge in [-0.1, -0.05) is 30.3 Å². The standard InChI is InChI=1S/C17H14F2N4O2/c1-10-8-15(24)22-17(21-10)23-20-9-13-12-5-3-2-4-11(12)6-7-14(13)25-16(18)19/h2-9,16H,1H3,(H2,21,22,23,24)/b20-9-. The van der Waals surface area contributed by atoms with E-state index in [1.165, 1.54) is 18.3 Å². The Morgan fingerprint density at radius 1 is 1.28 bits per heavy atom. The van der Waals surface area contributed by atoms with Gasteiger partial charge >= 0.3 is 6.61 Å². The summed E-state index contributed by atoms with van der Waals surface area (Å²) in [5, 5.41) is 5.54. The smallest absolute Gasteiger partial charge is 0.387 e. The molecular weight excluding hydrogens is 330 g/mol. The van der Waals surface area contributed by atoms with Gasteiger partial charge in [0.05, 0.1) is 6.21 Å². The van der Waals surface area contributed by atoms with Gasteiger partial charge in [-0.3, -0.25) is 9.78 Å². The van der Waals surface area contributed by atoms with Crippen LogP contribution in [-0.4, -0.2) is 22.8 Å². The predicted molar refractivity (Wildman–Crippen MR) is 91.4 cm³/mol. The molecule has 0 unspecified atom stereocenters. The van der Waals surface area contributed by atoms with E-state index < -0.39 is 6.61 Å². The van der Waals surface area contributed by atoms with E-state index in [1.807, 2.05) is 12.1 Å². The van der Waals surface area contributed by atoms with E-state index >= 15 is 0 Å². The highest BCUT2D eigenvalue weighted by atomic mass is 19.3. The zero-order valence-electron chi connectivity index (χ0n) is 13.2.